The summed E-state index contributed by atoms with van der Waals surface area (Å²) in [6.45, 7) is 1.88. The minimum Gasteiger partial charge on any atom is -0.389 e. The summed E-state index contributed by atoms with van der Waals surface area (Å²) < 4.78 is 14.5. The molecule has 3 N–H and O–H groups in total. The number of thiocarbonyl (C=S) groups is 1. The molecule has 0 spiro atoms. The Morgan fingerprint density at radius 3 is 2.67 bits per heavy atom. The molecular formula is C15H12BrFN2OS. The van der Waals surface area contributed by atoms with E-state index in [0.29, 0.717) is 5.56 Å². The third-order valence-electron chi connectivity index (χ3n) is 2.81. The first-order valence-corrected chi connectivity index (χ1v) is 7.25. The highest BCUT2D eigenvalue weighted by Crippen LogP contribution is 2.21. The van der Waals surface area contributed by atoms with Crippen LogP contribution in [0.4, 0.5) is 10.1 Å². The van der Waals surface area contributed by atoms with E-state index in [1.807, 2.05) is 13.0 Å². The number of nitrogens with two attached hydrogens (primary N) is 1. The van der Waals surface area contributed by atoms with Gasteiger partial charge in [-0.25, -0.2) is 4.39 Å². The summed E-state index contributed by atoms with van der Waals surface area (Å²) in [5.41, 5.74) is 7.19. The second-order valence-electron chi connectivity index (χ2n) is 4.50. The Labute approximate surface area is 135 Å². The van der Waals surface area contributed by atoms with Crippen LogP contribution in [0.25, 0.3) is 0 Å². The number of rotatable bonds is 3. The van der Waals surface area contributed by atoms with Crippen molar-refractivity contribution < 1.29 is 9.18 Å². The molecule has 3 nitrogen and oxygen atoms in total. The van der Waals surface area contributed by atoms with E-state index in [1.165, 1.54) is 12.1 Å². The molecule has 0 aliphatic carbocycles. The van der Waals surface area contributed by atoms with Crippen molar-refractivity contribution in [2.75, 3.05) is 5.32 Å². The van der Waals surface area contributed by atoms with Gasteiger partial charge in [-0.1, -0.05) is 34.2 Å². The van der Waals surface area contributed by atoms with Gasteiger partial charge >= 0.3 is 0 Å². The molecule has 0 aromatic heterocycles. The van der Waals surface area contributed by atoms with Crippen LogP contribution in [0.3, 0.4) is 0 Å². The molecule has 0 fully saturated rings. The molecule has 0 saturated heterocycles. The standard InChI is InChI=1S/C15H12BrFN2OS/c1-8-5-9(7-10(16)6-8)15(20)19-12-4-2-3-11(17)13(12)14(18)21/h2-7H,1H3,(H2,18,21)(H,19,20). The summed E-state index contributed by atoms with van der Waals surface area (Å²) >= 11 is 8.16. The molecule has 2 aromatic rings. The van der Waals surface area contributed by atoms with Crippen LogP contribution < -0.4 is 11.1 Å². The lowest BCUT2D eigenvalue weighted by Crippen LogP contribution is -2.19. The number of carbonyl (C=O) groups is 1. The van der Waals surface area contributed by atoms with Crippen LogP contribution in [0.15, 0.2) is 40.9 Å². The van der Waals surface area contributed by atoms with Gasteiger partial charge in [0.2, 0.25) is 0 Å². The van der Waals surface area contributed by atoms with Crippen LogP contribution in [-0.4, -0.2) is 10.9 Å². The molecule has 0 radical (unpaired) electrons. The predicted octanol–water partition coefficient (Wildman–Crippen LogP) is 3.78. The van der Waals surface area contributed by atoms with Crippen LogP contribution in [0.5, 0.6) is 0 Å². The number of carbonyl (C=O) groups excluding carboxylic acids is 1. The molecule has 0 unspecified atom stereocenters. The van der Waals surface area contributed by atoms with Gasteiger partial charge < -0.3 is 11.1 Å². The van der Waals surface area contributed by atoms with Crippen molar-refractivity contribution >= 4 is 44.7 Å². The lowest BCUT2D eigenvalue weighted by Gasteiger charge is -2.11. The minimum absolute atomic E-state index is 0.0348. The number of hydrogen-bond donors (Lipinski definition) is 2. The normalized spacial score (nSPS) is 10.2. The van der Waals surface area contributed by atoms with E-state index in [9.17, 15) is 9.18 Å². The molecule has 0 aliphatic rings. The van der Waals surface area contributed by atoms with E-state index in [0.717, 1.165) is 10.0 Å². The fraction of sp³-hybridized carbons (Fsp3) is 0.0667. The zero-order valence-electron chi connectivity index (χ0n) is 11.1. The van der Waals surface area contributed by atoms with Crippen LogP contribution in [-0.2, 0) is 0 Å². The molecule has 21 heavy (non-hydrogen) atoms. The summed E-state index contributed by atoms with van der Waals surface area (Å²) in [6, 6.07) is 9.59. The Hall–Kier alpha value is -1.79. The first-order chi connectivity index (χ1) is 9.88. The third kappa shape index (κ3) is 3.65. The zero-order valence-corrected chi connectivity index (χ0v) is 13.5. The molecule has 0 bridgehead atoms. The van der Waals surface area contributed by atoms with E-state index < -0.39 is 5.82 Å². The van der Waals surface area contributed by atoms with Crippen LogP contribution in [0, 0.1) is 12.7 Å². The third-order valence-corrected chi connectivity index (χ3v) is 3.47. The average Bonchev–Trinajstić information content (AvgIpc) is 2.37. The Morgan fingerprint density at radius 1 is 1.33 bits per heavy atom. The van der Waals surface area contributed by atoms with Crippen molar-refractivity contribution in [2.45, 2.75) is 6.92 Å². The van der Waals surface area contributed by atoms with Gasteiger partial charge in [-0.15, -0.1) is 0 Å². The summed E-state index contributed by atoms with van der Waals surface area (Å²) in [7, 11) is 0. The molecule has 6 heteroatoms. The maximum Gasteiger partial charge on any atom is 0.255 e. The molecule has 2 rings (SSSR count). The molecule has 0 heterocycles. The largest absolute Gasteiger partial charge is 0.389 e. The molecule has 1 amide bonds. The maximum atomic E-state index is 13.8. The summed E-state index contributed by atoms with van der Waals surface area (Å²) in [6.07, 6.45) is 0. The minimum atomic E-state index is -0.564. The van der Waals surface area contributed by atoms with Crippen molar-refractivity contribution in [1.29, 1.82) is 0 Å². The molecule has 0 aliphatic heterocycles. The predicted molar refractivity (Wildman–Crippen MR) is 89.1 cm³/mol. The number of benzene rings is 2. The molecular weight excluding hydrogens is 355 g/mol. The quantitative estimate of drug-likeness (QED) is 0.812. The zero-order chi connectivity index (χ0) is 15.6. The van der Waals surface area contributed by atoms with E-state index in [4.69, 9.17) is 18.0 Å². The van der Waals surface area contributed by atoms with Crippen molar-refractivity contribution in [2.24, 2.45) is 5.73 Å². The van der Waals surface area contributed by atoms with Crippen molar-refractivity contribution in [3.8, 4) is 0 Å². The van der Waals surface area contributed by atoms with E-state index in [1.54, 1.807) is 18.2 Å². The first-order valence-electron chi connectivity index (χ1n) is 6.05. The van der Waals surface area contributed by atoms with E-state index in [-0.39, 0.29) is 22.1 Å². The Bertz CT molecular complexity index is 713. The van der Waals surface area contributed by atoms with Crippen LogP contribution in [0.2, 0.25) is 0 Å². The van der Waals surface area contributed by atoms with Gasteiger partial charge in [0.1, 0.15) is 10.8 Å². The van der Waals surface area contributed by atoms with Gasteiger partial charge in [-0.3, -0.25) is 4.79 Å². The fourth-order valence-electron chi connectivity index (χ4n) is 1.94. The highest BCUT2D eigenvalue weighted by atomic mass is 79.9. The van der Waals surface area contributed by atoms with Crippen molar-refractivity contribution in [1.82, 2.24) is 0 Å². The molecule has 108 valence electrons. The highest BCUT2D eigenvalue weighted by molar-refractivity contribution is 9.10. The fourth-order valence-corrected chi connectivity index (χ4v) is 2.76. The van der Waals surface area contributed by atoms with Gasteiger partial charge in [0.05, 0.1) is 11.3 Å². The lowest BCUT2D eigenvalue weighted by atomic mass is 10.1. The van der Waals surface area contributed by atoms with Gasteiger partial charge in [0.15, 0.2) is 0 Å². The highest BCUT2D eigenvalue weighted by Gasteiger charge is 2.14. The number of hydrogen-bond acceptors (Lipinski definition) is 2. The lowest BCUT2D eigenvalue weighted by molar-refractivity contribution is 0.102. The average molecular weight is 367 g/mol. The van der Waals surface area contributed by atoms with Crippen molar-refractivity contribution in [3.05, 3.63) is 63.4 Å². The van der Waals surface area contributed by atoms with Gasteiger partial charge in [0, 0.05) is 10.0 Å². The summed E-state index contributed by atoms with van der Waals surface area (Å²) in [4.78, 5) is 12.2. The second-order valence-corrected chi connectivity index (χ2v) is 5.85. The Kier molecular flexibility index (Phi) is 4.69. The van der Waals surface area contributed by atoms with Gasteiger partial charge in [-0.2, -0.15) is 0 Å². The number of aryl methyl sites for hydroxylation is 1. The molecule has 2 aromatic carbocycles. The van der Waals surface area contributed by atoms with Crippen LogP contribution in [0.1, 0.15) is 21.5 Å². The Morgan fingerprint density at radius 2 is 2.05 bits per heavy atom. The summed E-state index contributed by atoms with van der Waals surface area (Å²) in [5, 5.41) is 2.64. The van der Waals surface area contributed by atoms with E-state index >= 15 is 0 Å². The number of amides is 1. The van der Waals surface area contributed by atoms with Gasteiger partial charge in [0.25, 0.3) is 5.91 Å². The summed E-state index contributed by atoms with van der Waals surface area (Å²) in [5.74, 6) is -0.923. The van der Waals surface area contributed by atoms with Crippen molar-refractivity contribution in [3.63, 3.8) is 0 Å². The second kappa shape index (κ2) is 6.32. The van der Waals surface area contributed by atoms with Gasteiger partial charge in [-0.05, 0) is 42.8 Å². The van der Waals surface area contributed by atoms with Crippen LogP contribution >= 0.6 is 28.1 Å². The molecule has 0 saturated carbocycles. The maximum absolute atomic E-state index is 13.8. The monoisotopic (exact) mass is 366 g/mol. The number of halogens is 2. The van der Waals surface area contributed by atoms with E-state index in [2.05, 4.69) is 21.2 Å². The number of nitrogens with one attached hydrogen (secondary N) is 1. The number of anilines is 1. The topological polar surface area (TPSA) is 55.1 Å². The molecule has 0 atom stereocenters. The first kappa shape index (κ1) is 15.6. The SMILES string of the molecule is Cc1cc(Br)cc(C(=O)Nc2cccc(F)c2C(N)=S)c1. The Balaban J connectivity index is 2.36. The smallest absolute Gasteiger partial charge is 0.255 e.